The van der Waals surface area contributed by atoms with Crippen molar-refractivity contribution in [1.82, 2.24) is 0 Å². The first-order valence-corrected chi connectivity index (χ1v) is 6.29. The van der Waals surface area contributed by atoms with Crippen LogP contribution in [0, 0.1) is 7.14 Å². The van der Waals surface area contributed by atoms with E-state index in [1.165, 1.54) is 0 Å². The van der Waals surface area contributed by atoms with Gasteiger partial charge in [0, 0.05) is 18.9 Å². The Labute approximate surface area is 139 Å². The zero-order valence-electron chi connectivity index (χ0n) is 8.52. The molecule has 0 amide bonds. The molecule has 0 radical (unpaired) electrons. The Bertz CT molecular complexity index is 405. The predicted molar refractivity (Wildman–Crippen MR) is 90.0 cm³/mol. The molecule has 0 aromatic heterocycles. The first kappa shape index (κ1) is 19.8. The first-order valence-electron chi connectivity index (χ1n) is 4.13. The molecule has 8 heteroatoms. The van der Waals surface area contributed by atoms with Gasteiger partial charge in [-0.2, -0.15) is 0 Å². The number of carbonyl (C=O) groups is 1. The minimum atomic E-state index is -0.907. The van der Waals surface area contributed by atoms with Crippen molar-refractivity contribution in [2.24, 2.45) is 5.73 Å². The number of anilines is 1. The van der Waals surface area contributed by atoms with E-state index in [1.807, 2.05) is 6.07 Å². The van der Waals surface area contributed by atoms with E-state index >= 15 is 0 Å². The summed E-state index contributed by atoms with van der Waals surface area (Å²) in [6, 6.07) is 3.14. The molecule has 5 N–H and O–H groups in total. The lowest BCUT2D eigenvalue weighted by Gasteiger charge is -2.13. The lowest BCUT2D eigenvalue weighted by molar-refractivity contribution is -0.137. The smallest absolute Gasteiger partial charge is 0.305 e. The summed E-state index contributed by atoms with van der Waals surface area (Å²) in [4.78, 5) is 10.5. The van der Waals surface area contributed by atoms with E-state index in [2.05, 4.69) is 45.2 Å². The monoisotopic (exact) mass is 504 g/mol. The van der Waals surface area contributed by atoms with Crippen LogP contribution in [0.15, 0.2) is 12.1 Å². The third-order valence-corrected chi connectivity index (χ3v) is 3.78. The van der Waals surface area contributed by atoms with Gasteiger partial charge in [-0.05, 0) is 62.9 Å². The van der Waals surface area contributed by atoms with Gasteiger partial charge in [-0.25, -0.2) is 0 Å². The van der Waals surface area contributed by atoms with Gasteiger partial charge in [-0.1, -0.05) is 0 Å². The second-order valence-electron chi connectivity index (χ2n) is 3.10. The Morgan fingerprint density at radius 3 is 2.29 bits per heavy atom. The first-order chi connectivity index (χ1) is 6.91. The van der Waals surface area contributed by atoms with Gasteiger partial charge in [0.15, 0.2) is 0 Å². The van der Waals surface area contributed by atoms with E-state index in [0.717, 1.165) is 12.7 Å². The van der Waals surface area contributed by atoms with Crippen molar-refractivity contribution in [2.75, 3.05) is 5.73 Å². The molecule has 0 aliphatic rings. The summed E-state index contributed by atoms with van der Waals surface area (Å²) >= 11 is 4.26. The van der Waals surface area contributed by atoms with E-state index < -0.39 is 12.0 Å². The molecule has 0 spiro atoms. The standard InChI is InChI=1S/C9H10I2N2O2.2ClH/c10-5-2-6(11)8(13)1-4(5)7(12)3-9(14)15;;/h1-2,7H,3,12-13H2,(H,14,15);2*1H. The average Bonchev–Trinajstić information content (AvgIpc) is 2.09. The maximum absolute atomic E-state index is 10.5. The fourth-order valence-corrected chi connectivity index (χ4v) is 3.10. The van der Waals surface area contributed by atoms with Gasteiger partial charge >= 0.3 is 5.97 Å². The zero-order chi connectivity index (χ0) is 11.6. The number of benzene rings is 1. The molecule has 0 aliphatic carbocycles. The fraction of sp³-hybridized carbons (Fsp3) is 0.222. The van der Waals surface area contributed by atoms with Gasteiger partial charge in [0.05, 0.1) is 6.42 Å². The van der Waals surface area contributed by atoms with Gasteiger partial charge in [-0.15, -0.1) is 24.8 Å². The van der Waals surface area contributed by atoms with E-state index in [0.29, 0.717) is 5.69 Å². The maximum atomic E-state index is 10.5. The number of hydrogen-bond acceptors (Lipinski definition) is 3. The highest BCUT2D eigenvalue weighted by Crippen LogP contribution is 2.27. The average molecular weight is 505 g/mol. The molecule has 1 unspecified atom stereocenters. The number of rotatable bonds is 3. The minimum absolute atomic E-state index is 0. The third-order valence-electron chi connectivity index (χ3n) is 1.91. The molecule has 98 valence electrons. The van der Waals surface area contributed by atoms with E-state index in [4.69, 9.17) is 16.6 Å². The normalized spacial score (nSPS) is 11.0. The number of halogens is 4. The van der Waals surface area contributed by atoms with Gasteiger partial charge in [-0.3, -0.25) is 4.79 Å². The highest BCUT2D eigenvalue weighted by Gasteiger charge is 2.15. The molecule has 17 heavy (non-hydrogen) atoms. The van der Waals surface area contributed by atoms with E-state index in [1.54, 1.807) is 6.07 Å². The molecular formula is C9H12Cl2I2N2O2. The van der Waals surface area contributed by atoms with Crippen LogP contribution in [0.4, 0.5) is 5.69 Å². The molecule has 1 aromatic rings. The van der Waals surface area contributed by atoms with Crippen LogP contribution in [0.5, 0.6) is 0 Å². The summed E-state index contributed by atoms with van der Waals surface area (Å²) in [5.41, 5.74) is 12.9. The number of nitrogens with two attached hydrogens (primary N) is 2. The van der Waals surface area contributed by atoms with Gasteiger partial charge in [0.2, 0.25) is 0 Å². The fourth-order valence-electron chi connectivity index (χ4n) is 1.17. The van der Waals surface area contributed by atoms with Crippen molar-refractivity contribution in [3.63, 3.8) is 0 Å². The molecule has 0 fully saturated rings. The predicted octanol–water partition coefficient (Wildman–Crippen LogP) is 2.80. The van der Waals surface area contributed by atoms with Crippen LogP contribution >= 0.6 is 70.0 Å². The number of carboxylic acid groups (broad SMARTS) is 1. The third kappa shape index (κ3) is 5.77. The largest absolute Gasteiger partial charge is 0.481 e. The summed E-state index contributed by atoms with van der Waals surface area (Å²) in [7, 11) is 0. The number of carboxylic acids is 1. The Hall–Kier alpha value is 0.490. The molecule has 1 atom stereocenters. The number of aliphatic carboxylic acids is 1. The van der Waals surface area contributed by atoms with Crippen LogP contribution in [0.25, 0.3) is 0 Å². The number of hydrogen-bond donors (Lipinski definition) is 3. The Balaban J connectivity index is 0. The molecule has 0 aliphatic heterocycles. The van der Waals surface area contributed by atoms with Gasteiger partial charge in [0.1, 0.15) is 0 Å². The van der Waals surface area contributed by atoms with E-state index in [9.17, 15) is 4.79 Å². The minimum Gasteiger partial charge on any atom is -0.481 e. The molecule has 1 rings (SSSR count). The molecule has 1 aromatic carbocycles. The lowest BCUT2D eigenvalue weighted by atomic mass is 10.0. The van der Waals surface area contributed by atoms with Crippen molar-refractivity contribution in [3.05, 3.63) is 24.8 Å². The zero-order valence-corrected chi connectivity index (χ0v) is 14.5. The second kappa shape index (κ2) is 8.57. The van der Waals surface area contributed by atoms with Crippen molar-refractivity contribution < 1.29 is 9.90 Å². The van der Waals surface area contributed by atoms with Crippen LogP contribution in [0.2, 0.25) is 0 Å². The van der Waals surface area contributed by atoms with Gasteiger partial charge in [0.25, 0.3) is 0 Å². The second-order valence-corrected chi connectivity index (χ2v) is 5.42. The summed E-state index contributed by atoms with van der Waals surface area (Å²) in [5, 5.41) is 8.64. The van der Waals surface area contributed by atoms with Crippen molar-refractivity contribution >= 4 is 81.7 Å². The molecule has 0 saturated carbocycles. The van der Waals surface area contributed by atoms with Crippen LogP contribution < -0.4 is 11.5 Å². The van der Waals surface area contributed by atoms with Crippen molar-refractivity contribution in [2.45, 2.75) is 12.5 Å². The Kier molecular flexibility index (Phi) is 9.99. The molecular weight excluding hydrogens is 493 g/mol. The SMILES string of the molecule is Cl.Cl.Nc1cc(C(N)CC(=O)O)c(I)cc1I. The summed E-state index contributed by atoms with van der Waals surface area (Å²) in [6.45, 7) is 0. The van der Waals surface area contributed by atoms with Crippen LogP contribution in [-0.4, -0.2) is 11.1 Å². The molecule has 0 heterocycles. The Morgan fingerprint density at radius 2 is 1.82 bits per heavy atom. The summed E-state index contributed by atoms with van der Waals surface area (Å²) in [6.07, 6.45) is -0.0873. The summed E-state index contributed by atoms with van der Waals surface area (Å²) < 4.78 is 1.89. The van der Waals surface area contributed by atoms with Crippen molar-refractivity contribution in [1.29, 1.82) is 0 Å². The quantitative estimate of drug-likeness (QED) is 0.436. The van der Waals surface area contributed by atoms with Crippen molar-refractivity contribution in [3.8, 4) is 0 Å². The Morgan fingerprint density at radius 1 is 1.29 bits per heavy atom. The van der Waals surface area contributed by atoms with Gasteiger partial charge < -0.3 is 16.6 Å². The molecule has 4 nitrogen and oxygen atoms in total. The van der Waals surface area contributed by atoms with Crippen LogP contribution in [-0.2, 0) is 4.79 Å². The highest BCUT2D eigenvalue weighted by atomic mass is 127. The molecule has 0 bridgehead atoms. The van der Waals surface area contributed by atoms with Crippen LogP contribution in [0.1, 0.15) is 18.0 Å². The lowest BCUT2D eigenvalue weighted by Crippen LogP contribution is -2.16. The molecule has 0 saturated heterocycles. The van der Waals surface area contributed by atoms with Crippen LogP contribution in [0.3, 0.4) is 0 Å². The topological polar surface area (TPSA) is 89.3 Å². The van der Waals surface area contributed by atoms with E-state index in [-0.39, 0.29) is 31.2 Å². The highest BCUT2D eigenvalue weighted by molar-refractivity contribution is 14.1. The summed E-state index contributed by atoms with van der Waals surface area (Å²) in [5.74, 6) is -0.907. The maximum Gasteiger partial charge on any atom is 0.305 e. The number of nitrogen functional groups attached to an aromatic ring is 1.